The van der Waals surface area contributed by atoms with Crippen molar-refractivity contribution in [2.24, 2.45) is 22.7 Å². The number of phenols is 1. The third-order valence-electron chi connectivity index (χ3n) is 9.08. The van der Waals surface area contributed by atoms with Crippen LogP contribution in [0.15, 0.2) is 46.3 Å². The Labute approximate surface area is 225 Å². The third-order valence-corrected chi connectivity index (χ3v) is 11.1. The summed E-state index contributed by atoms with van der Waals surface area (Å²) in [6, 6.07) is 11.4. The van der Waals surface area contributed by atoms with Crippen LogP contribution in [0.1, 0.15) is 49.7 Å². The summed E-state index contributed by atoms with van der Waals surface area (Å²) in [4.78, 5) is 19.8. The Morgan fingerprint density at radius 3 is 2.41 bits per heavy atom. The second-order valence-electron chi connectivity index (χ2n) is 11.6. The molecule has 0 spiro atoms. The van der Waals surface area contributed by atoms with Crippen LogP contribution < -0.4 is 0 Å². The van der Waals surface area contributed by atoms with Crippen molar-refractivity contribution in [1.29, 1.82) is 0 Å². The summed E-state index contributed by atoms with van der Waals surface area (Å²) in [5.74, 6) is 3.37. The highest BCUT2D eigenvalue weighted by atomic mass is 32.2. The molecule has 4 bridgehead atoms. The number of hydrogen-bond donors (Lipinski definition) is 1. The first-order valence-electron chi connectivity index (χ1n) is 13.4. The fourth-order valence-corrected chi connectivity index (χ4v) is 9.73. The van der Waals surface area contributed by atoms with Crippen LogP contribution in [0.25, 0.3) is 17.2 Å². The number of aliphatic imine (C=N–C) groups is 1. The van der Waals surface area contributed by atoms with Crippen molar-refractivity contribution in [3.63, 3.8) is 0 Å². The van der Waals surface area contributed by atoms with Crippen molar-refractivity contribution < 1.29 is 14.3 Å². The molecule has 5 fully saturated rings. The monoisotopic (exact) mass is 534 g/mol. The Morgan fingerprint density at radius 2 is 1.70 bits per heavy atom. The van der Waals surface area contributed by atoms with Crippen LogP contribution in [0.4, 0.5) is 4.39 Å². The minimum atomic E-state index is -0.536. The van der Waals surface area contributed by atoms with Gasteiger partial charge >= 0.3 is 0 Å². The fourth-order valence-electron chi connectivity index (χ4n) is 7.86. The van der Waals surface area contributed by atoms with Crippen molar-refractivity contribution in [2.45, 2.75) is 43.9 Å². The number of halogens is 1. The zero-order valence-electron chi connectivity index (χ0n) is 20.8. The Kier molecular flexibility index (Phi) is 5.92. The van der Waals surface area contributed by atoms with Crippen LogP contribution >= 0.6 is 23.5 Å². The molecule has 7 heteroatoms. The number of carbonyl (C=O) groups excluding carboxylic acids is 1. The molecule has 37 heavy (non-hydrogen) atoms. The van der Waals surface area contributed by atoms with E-state index in [1.54, 1.807) is 0 Å². The van der Waals surface area contributed by atoms with Gasteiger partial charge in [-0.2, -0.15) is 16.8 Å². The summed E-state index contributed by atoms with van der Waals surface area (Å²) >= 11 is 3.38. The van der Waals surface area contributed by atoms with Gasteiger partial charge in [0.15, 0.2) is 16.7 Å². The summed E-state index contributed by atoms with van der Waals surface area (Å²) in [6.07, 6.45) is 9.01. The van der Waals surface area contributed by atoms with Gasteiger partial charge < -0.3 is 10.0 Å². The molecular weight excluding hydrogens is 503 g/mol. The van der Waals surface area contributed by atoms with Crippen molar-refractivity contribution in [1.82, 2.24) is 4.90 Å². The first kappa shape index (κ1) is 23.8. The predicted octanol–water partition coefficient (Wildman–Crippen LogP) is 6.69. The highest BCUT2D eigenvalue weighted by Crippen LogP contribution is 2.62. The molecule has 8 rings (SSSR count). The van der Waals surface area contributed by atoms with Crippen LogP contribution in [0.2, 0.25) is 0 Å². The van der Waals surface area contributed by atoms with E-state index in [0.29, 0.717) is 22.7 Å². The third kappa shape index (κ3) is 4.32. The lowest BCUT2D eigenvalue weighted by molar-refractivity contribution is -0.113. The maximum atomic E-state index is 15.2. The second-order valence-corrected chi connectivity index (χ2v) is 13.8. The van der Waals surface area contributed by atoms with Crippen LogP contribution in [0, 0.1) is 23.6 Å². The van der Waals surface area contributed by atoms with E-state index in [0.717, 1.165) is 71.3 Å². The first-order valence-corrected chi connectivity index (χ1v) is 15.4. The zero-order valence-corrected chi connectivity index (χ0v) is 22.4. The summed E-state index contributed by atoms with van der Waals surface area (Å²) < 4.78 is 15.2. The van der Waals surface area contributed by atoms with E-state index in [1.807, 2.05) is 48.2 Å². The molecule has 0 atom stereocenters. The highest BCUT2D eigenvalue weighted by Gasteiger charge is 2.52. The highest BCUT2D eigenvalue weighted by molar-refractivity contribution is 8.18. The molecule has 2 heterocycles. The quantitative estimate of drug-likeness (QED) is 0.445. The van der Waals surface area contributed by atoms with Crippen molar-refractivity contribution in [3.8, 4) is 16.9 Å². The Hall–Kier alpha value is -2.25. The predicted molar refractivity (Wildman–Crippen MR) is 150 cm³/mol. The second kappa shape index (κ2) is 9.19. The SMILES string of the molecule is O=C1N=C(N2CCSCC2)S/C1=C\c1cccc(-c2cc(F)c(O)c(C34CC5CC(CC(C5)C3)C4)c2)c1. The molecule has 4 saturated carbocycles. The molecule has 192 valence electrons. The van der Waals surface area contributed by atoms with Gasteiger partial charge in [0.05, 0.1) is 4.91 Å². The van der Waals surface area contributed by atoms with Gasteiger partial charge in [-0.3, -0.25) is 4.79 Å². The number of rotatable bonds is 3. The molecule has 0 aromatic heterocycles. The minimum Gasteiger partial charge on any atom is -0.505 e. The number of hydrogen-bond acceptors (Lipinski definition) is 5. The number of amidine groups is 1. The standard InChI is InChI=1S/C30H31FN2O2S2/c31-25-14-23(13-24(27(25)34)30-15-19-8-20(16-30)10-21(9-19)17-30)22-3-1-2-18(11-22)12-26-28(35)32-29(37-26)33-4-6-36-7-5-33/h1-3,11-14,19-21,34H,4-10,15-17H2/b26-12-. The number of aromatic hydroxyl groups is 1. The normalized spacial score (nSPS) is 31.9. The lowest BCUT2D eigenvalue weighted by atomic mass is 9.48. The summed E-state index contributed by atoms with van der Waals surface area (Å²) in [6.45, 7) is 1.84. The number of amides is 1. The van der Waals surface area contributed by atoms with Crippen molar-refractivity contribution in [2.75, 3.05) is 24.6 Å². The lowest BCUT2D eigenvalue weighted by Gasteiger charge is -2.57. The molecular formula is C30H31FN2O2S2. The largest absolute Gasteiger partial charge is 0.505 e. The van der Waals surface area contributed by atoms with Gasteiger partial charge in [0.1, 0.15) is 0 Å². The van der Waals surface area contributed by atoms with Gasteiger partial charge in [-0.1, -0.05) is 18.2 Å². The van der Waals surface area contributed by atoms with E-state index >= 15 is 4.39 Å². The first-order chi connectivity index (χ1) is 18.0. The van der Waals surface area contributed by atoms with E-state index in [2.05, 4.69) is 9.89 Å². The van der Waals surface area contributed by atoms with E-state index in [1.165, 1.54) is 37.1 Å². The molecule has 4 nitrogen and oxygen atoms in total. The Balaban J connectivity index is 1.19. The number of carbonyl (C=O) groups is 1. The Morgan fingerprint density at radius 1 is 1.00 bits per heavy atom. The van der Waals surface area contributed by atoms with E-state index in [9.17, 15) is 9.90 Å². The van der Waals surface area contributed by atoms with E-state index in [-0.39, 0.29) is 17.1 Å². The molecule has 2 aliphatic heterocycles. The average Bonchev–Trinajstić information content (AvgIpc) is 3.25. The number of thioether (sulfide) groups is 2. The molecule has 0 unspecified atom stereocenters. The van der Waals surface area contributed by atoms with Crippen LogP contribution in [-0.2, 0) is 10.2 Å². The van der Waals surface area contributed by atoms with Crippen LogP contribution in [-0.4, -0.2) is 45.7 Å². The topological polar surface area (TPSA) is 52.9 Å². The van der Waals surface area contributed by atoms with Gasteiger partial charge in [-0.25, -0.2) is 4.39 Å². The smallest absolute Gasteiger partial charge is 0.286 e. The van der Waals surface area contributed by atoms with E-state index < -0.39 is 5.82 Å². The van der Waals surface area contributed by atoms with Gasteiger partial charge in [-0.15, -0.1) is 0 Å². The maximum absolute atomic E-state index is 15.2. The Bertz CT molecular complexity index is 1300. The summed E-state index contributed by atoms with van der Waals surface area (Å²) in [5.41, 5.74) is 3.29. The number of phenolic OH excluding ortho intramolecular Hbond substituents is 1. The van der Waals surface area contributed by atoms with Crippen LogP contribution in [0.3, 0.4) is 0 Å². The van der Waals surface area contributed by atoms with E-state index in [4.69, 9.17) is 0 Å². The molecule has 1 N–H and O–H groups in total. The van der Waals surface area contributed by atoms with Crippen molar-refractivity contribution in [3.05, 3.63) is 58.2 Å². The van der Waals surface area contributed by atoms with Crippen molar-refractivity contribution >= 4 is 40.7 Å². The van der Waals surface area contributed by atoms with Gasteiger partial charge in [0.25, 0.3) is 5.91 Å². The molecule has 2 aromatic rings. The molecule has 0 radical (unpaired) electrons. The fraction of sp³-hybridized carbons (Fsp3) is 0.467. The molecule has 6 aliphatic rings. The molecule has 2 aromatic carbocycles. The lowest BCUT2D eigenvalue weighted by Crippen LogP contribution is -2.48. The zero-order chi connectivity index (χ0) is 25.1. The average molecular weight is 535 g/mol. The molecule has 1 saturated heterocycles. The van der Waals surface area contributed by atoms with Crippen LogP contribution in [0.5, 0.6) is 5.75 Å². The summed E-state index contributed by atoms with van der Waals surface area (Å²) in [7, 11) is 0. The van der Waals surface area contributed by atoms with Gasteiger partial charge in [0.2, 0.25) is 0 Å². The molecule has 4 aliphatic carbocycles. The maximum Gasteiger partial charge on any atom is 0.286 e. The van der Waals surface area contributed by atoms with Gasteiger partial charge in [0, 0.05) is 30.2 Å². The summed E-state index contributed by atoms with van der Waals surface area (Å²) in [5, 5.41) is 11.7. The van der Waals surface area contributed by atoms with Gasteiger partial charge in [-0.05, 0) is 114 Å². The number of benzene rings is 2. The number of nitrogens with zero attached hydrogens (tertiary/aromatic N) is 2. The minimum absolute atomic E-state index is 0.0944. The molecule has 1 amide bonds.